The van der Waals surface area contributed by atoms with Gasteiger partial charge < -0.3 is 5.32 Å². The summed E-state index contributed by atoms with van der Waals surface area (Å²) >= 11 is 3.39. The molecule has 1 aliphatic rings. The summed E-state index contributed by atoms with van der Waals surface area (Å²) < 4.78 is 15.0. The maximum atomic E-state index is 14.1. The highest BCUT2D eigenvalue weighted by atomic mass is 79.9. The Morgan fingerprint density at radius 2 is 1.91 bits per heavy atom. The Hall–Kier alpha value is -1.42. The number of carbonyl (C=O) groups excluding carboxylic acids is 1. The third-order valence-electron chi connectivity index (χ3n) is 3.74. The Labute approximate surface area is 147 Å². The normalized spacial score (nSPS) is 15.3. The van der Waals surface area contributed by atoms with Crippen molar-refractivity contribution in [3.05, 3.63) is 57.0 Å². The molecule has 23 heavy (non-hydrogen) atoms. The van der Waals surface area contributed by atoms with Crippen LogP contribution < -0.4 is 5.32 Å². The van der Waals surface area contributed by atoms with Gasteiger partial charge in [-0.15, -0.1) is 0 Å². The average molecular weight is 382 g/mol. The van der Waals surface area contributed by atoms with E-state index < -0.39 is 11.7 Å². The van der Waals surface area contributed by atoms with Gasteiger partial charge in [0.2, 0.25) is 0 Å². The minimum atomic E-state index is -0.454. The van der Waals surface area contributed by atoms with Crippen molar-refractivity contribution >= 4 is 21.8 Å². The third-order valence-corrected chi connectivity index (χ3v) is 4.34. The van der Waals surface area contributed by atoms with Crippen LogP contribution in [0.2, 0.25) is 0 Å². The van der Waals surface area contributed by atoms with Crippen LogP contribution in [0.5, 0.6) is 0 Å². The Bertz CT molecular complexity index is 626. The Balaban J connectivity index is 0.00000127. The molecule has 1 N–H and O–H groups in total. The first-order valence-corrected chi connectivity index (χ1v) is 8.83. The number of hydrogen-bond acceptors (Lipinski definition) is 1. The predicted molar refractivity (Wildman–Crippen MR) is 98.2 cm³/mol. The second-order valence-corrected chi connectivity index (χ2v) is 6.52. The average Bonchev–Trinajstić information content (AvgIpc) is 3.38. The van der Waals surface area contributed by atoms with E-state index in [0.29, 0.717) is 11.6 Å². The van der Waals surface area contributed by atoms with Crippen molar-refractivity contribution in [2.45, 2.75) is 53.4 Å². The quantitative estimate of drug-likeness (QED) is 0.631. The van der Waals surface area contributed by atoms with E-state index in [0.717, 1.165) is 28.5 Å². The smallest absolute Gasteiger partial charge is 0.258 e. The molecule has 4 heteroatoms. The van der Waals surface area contributed by atoms with Crippen molar-refractivity contribution < 1.29 is 9.18 Å². The van der Waals surface area contributed by atoms with Gasteiger partial charge >= 0.3 is 0 Å². The number of amides is 1. The molecular formula is C19H25BrFNO. The van der Waals surface area contributed by atoms with E-state index in [1.54, 1.807) is 12.1 Å². The molecule has 126 valence electrons. The molecule has 2 rings (SSSR count). The third kappa shape index (κ3) is 5.31. The summed E-state index contributed by atoms with van der Waals surface area (Å²) in [6.07, 6.45) is 4.03. The number of rotatable bonds is 4. The van der Waals surface area contributed by atoms with Crippen LogP contribution in [0.15, 0.2) is 40.0 Å². The van der Waals surface area contributed by atoms with E-state index in [9.17, 15) is 9.18 Å². The molecule has 0 spiro atoms. The van der Waals surface area contributed by atoms with E-state index in [2.05, 4.69) is 21.2 Å². The Morgan fingerprint density at radius 1 is 1.30 bits per heavy atom. The molecule has 1 aromatic carbocycles. The zero-order valence-corrected chi connectivity index (χ0v) is 16.1. The predicted octanol–water partition coefficient (Wildman–Crippen LogP) is 6.05. The SMILES string of the molecule is C/C=C(NC(=O)c1ccc(C2CC2)cc1F)\C(C)=C(/C)Br.CC. The second kappa shape index (κ2) is 9.02. The van der Waals surface area contributed by atoms with Crippen LogP contribution in [-0.4, -0.2) is 5.91 Å². The highest BCUT2D eigenvalue weighted by molar-refractivity contribution is 9.11. The van der Waals surface area contributed by atoms with Crippen LogP contribution in [0.1, 0.15) is 69.3 Å². The molecule has 0 aliphatic heterocycles. The van der Waals surface area contributed by atoms with Crippen LogP contribution >= 0.6 is 15.9 Å². The maximum absolute atomic E-state index is 14.1. The van der Waals surface area contributed by atoms with Crippen LogP contribution in [-0.2, 0) is 0 Å². The van der Waals surface area contributed by atoms with Gasteiger partial charge in [-0.25, -0.2) is 4.39 Å². The molecule has 1 amide bonds. The molecule has 1 aromatic rings. The van der Waals surface area contributed by atoms with Crippen molar-refractivity contribution in [1.82, 2.24) is 5.32 Å². The summed E-state index contributed by atoms with van der Waals surface area (Å²) in [6, 6.07) is 4.91. The first kappa shape index (κ1) is 19.6. The van der Waals surface area contributed by atoms with Crippen LogP contribution in [0.25, 0.3) is 0 Å². The summed E-state index contributed by atoms with van der Waals surface area (Å²) in [5.74, 6) is -0.399. The van der Waals surface area contributed by atoms with Crippen molar-refractivity contribution in [2.75, 3.05) is 0 Å². The zero-order valence-electron chi connectivity index (χ0n) is 14.5. The monoisotopic (exact) mass is 381 g/mol. The largest absolute Gasteiger partial charge is 0.322 e. The highest BCUT2D eigenvalue weighted by Crippen LogP contribution is 2.40. The van der Waals surface area contributed by atoms with Crippen molar-refractivity contribution in [3.8, 4) is 0 Å². The van der Waals surface area contributed by atoms with E-state index in [4.69, 9.17) is 0 Å². The van der Waals surface area contributed by atoms with Crippen LogP contribution in [0.4, 0.5) is 4.39 Å². The molecule has 2 nitrogen and oxygen atoms in total. The lowest BCUT2D eigenvalue weighted by atomic mass is 10.1. The molecule has 0 radical (unpaired) electrons. The minimum absolute atomic E-state index is 0.0822. The van der Waals surface area contributed by atoms with Gasteiger partial charge in [0, 0.05) is 5.70 Å². The summed E-state index contributed by atoms with van der Waals surface area (Å²) in [4.78, 5) is 12.2. The lowest BCUT2D eigenvalue weighted by Gasteiger charge is -2.12. The summed E-state index contributed by atoms with van der Waals surface area (Å²) in [7, 11) is 0. The fourth-order valence-electron chi connectivity index (χ4n) is 2.14. The molecule has 1 fully saturated rings. The van der Waals surface area contributed by atoms with Crippen LogP contribution in [0, 0.1) is 5.82 Å². The first-order valence-electron chi connectivity index (χ1n) is 8.04. The second-order valence-electron chi connectivity index (χ2n) is 5.33. The summed E-state index contributed by atoms with van der Waals surface area (Å²) in [6.45, 7) is 9.63. The molecule has 0 saturated heterocycles. The molecule has 0 unspecified atom stereocenters. The van der Waals surface area contributed by atoms with E-state index in [-0.39, 0.29) is 5.56 Å². The van der Waals surface area contributed by atoms with Gasteiger partial charge in [-0.3, -0.25) is 4.79 Å². The van der Waals surface area contributed by atoms with Gasteiger partial charge in [0.05, 0.1) is 5.56 Å². The topological polar surface area (TPSA) is 29.1 Å². The van der Waals surface area contributed by atoms with E-state index in [1.165, 1.54) is 6.07 Å². The lowest BCUT2D eigenvalue weighted by Crippen LogP contribution is -2.24. The molecule has 0 atom stereocenters. The number of carbonyl (C=O) groups is 1. The van der Waals surface area contributed by atoms with Gasteiger partial charge in [-0.05, 0) is 67.3 Å². The zero-order chi connectivity index (χ0) is 17.6. The van der Waals surface area contributed by atoms with E-state index in [1.807, 2.05) is 40.7 Å². The molecule has 0 bridgehead atoms. The molecule has 0 heterocycles. The number of benzene rings is 1. The highest BCUT2D eigenvalue weighted by Gasteiger charge is 2.25. The molecular weight excluding hydrogens is 357 g/mol. The van der Waals surface area contributed by atoms with Crippen molar-refractivity contribution in [2.24, 2.45) is 0 Å². The number of nitrogens with one attached hydrogen (secondary N) is 1. The lowest BCUT2D eigenvalue weighted by molar-refractivity contribution is 0.0962. The van der Waals surface area contributed by atoms with Crippen LogP contribution in [0.3, 0.4) is 0 Å². The molecule has 1 saturated carbocycles. The van der Waals surface area contributed by atoms with E-state index >= 15 is 0 Å². The Kier molecular flexibility index (Phi) is 7.69. The van der Waals surface area contributed by atoms with Gasteiger partial charge in [0.25, 0.3) is 5.91 Å². The molecule has 1 aliphatic carbocycles. The molecule has 0 aromatic heterocycles. The summed E-state index contributed by atoms with van der Waals surface area (Å²) in [5, 5.41) is 2.76. The van der Waals surface area contributed by atoms with Gasteiger partial charge in [0.15, 0.2) is 0 Å². The first-order chi connectivity index (χ1) is 10.9. The fraction of sp³-hybridized carbons (Fsp3) is 0.421. The van der Waals surface area contributed by atoms with Crippen molar-refractivity contribution in [1.29, 1.82) is 0 Å². The Morgan fingerprint density at radius 3 is 2.35 bits per heavy atom. The fourth-order valence-corrected chi connectivity index (χ4v) is 2.36. The maximum Gasteiger partial charge on any atom is 0.258 e. The van der Waals surface area contributed by atoms with Gasteiger partial charge in [0.1, 0.15) is 5.82 Å². The van der Waals surface area contributed by atoms with Gasteiger partial charge in [-0.2, -0.15) is 0 Å². The standard InChI is InChI=1S/C17H19BrFNO.C2H6/c1-4-16(10(2)11(3)18)20-17(21)14-8-7-13(9-15(14)19)12-5-6-12;1-2/h4,7-9,12H,5-6H2,1-3H3,(H,20,21);1-2H3/b11-10+,16-4+;. The van der Waals surface area contributed by atoms with Gasteiger partial charge in [-0.1, -0.05) is 41.9 Å². The van der Waals surface area contributed by atoms with Crippen molar-refractivity contribution in [3.63, 3.8) is 0 Å². The summed E-state index contributed by atoms with van der Waals surface area (Å²) in [5.41, 5.74) is 2.67. The minimum Gasteiger partial charge on any atom is -0.322 e. The number of hydrogen-bond donors (Lipinski definition) is 1. The number of allylic oxidation sites excluding steroid dienone is 3. The number of halogens is 2.